The van der Waals surface area contributed by atoms with Crippen LogP contribution in [0.1, 0.15) is 36.4 Å². The summed E-state index contributed by atoms with van der Waals surface area (Å²) < 4.78 is 7.78. The lowest BCUT2D eigenvalue weighted by Gasteiger charge is -2.10. The SMILES string of the molecule is CCOc1ccc(-n2c(C)cc(C=Nc3ccc(CC)cc3)c2C)cc1. The molecule has 0 bridgehead atoms. The number of aromatic nitrogens is 1. The van der Waals surface area contributed by atoms with Crippen molar-refractivity contribution in [3.63, 3.8) is 0 Å². The first kappa shape index (κ1) is 18.0. The van der Waals surface area contributed by atoms with E-state index in [1.54, 1.807) is 0 Å². The van der Waals surface area contributed by atoms with Crippen molar-refractivity contribution in [2.75, 3.05) is 6.61 Å². The van der Waals surface area contributed by atoms with Gasteiger partial charge >= 0.3 is 0 Å². The number of hydrogen-bond donors (Lipinski definition) is 0. The Balaban J connectivity index is 1.86. The zero-order valence-electron chi connectivity index (χ0n) is 16.0. The highest BCUT2D eigenvalue weighted by Crippen LogP contribution is 2.23. The van der Waals surface area contributed by atoms with Gasteiger partial charge in [-0.3, -0.25) is 4.99 Å². The highest BCUT2D eigenvalue weighted by Gasteiger charge is 2.09. The molecule has 1 aromatic heterocycles. The molecule has 0 aliphatic heterocycles. The monoisotopic (exact) mass is 346 g/mol. The van der Waals surface area contributed by atoms with E-state index in [1.165, 1.54) is 17.0 Å². The van der Waals surface area contributed by atoms with Crippen molar-refractivity contribution in [3.8, 4) is 11.4 Å². The van der Waals surface area contributed by atoms with Crippen molar-refractivity contribution in [2.45, 2.75) is 34.1 Å². The van der Waals surface area contributed by atoms with E-state index in [9.17, 15) is 0 Å². The normalized spacial score (nSPS) is 11.2. The van der Waals surface area contributed by atoms with Gasteiger partial charge in [-0.25, -0.2) is 0 Å². The molecule has 0 unspecified atom stereocenters. The maximum Gasteiger partial charge on any atom is 0.119 e. The molecule has 3 heteroatoms. The second-order valence-electron chi connectivity index (χ2n) is 6.37. The Kier molecular flexibility index (Phi) is 5.57. The number of rotatable bonds is 6. The van der Waals surface area contributed by atoms with E-state index in [1.807, 2.05) is 25.3 Å². The van der Waals surface area contributed by atoms with Gasteiger partial charge in [0.1, 0.15) is 5.75 Å². The van der Waals surface area contributed by atoms with Crippen molar-refractivity contribution in [2.24, 2.45) is 4.99 Å². The van der Waals surface area contributed by atoms with E-state index in [0.717, 1.165) is 29.1 Å². The zero-order valence-corrected chi connectivity index (χ0v) is 16.0. The lowest BCUT2D eigenvalue weighted by Crippen LogP contribution is -2.00. The molecule has 0 aliphatic carbocycles. The average Bonchev–Trinajstić information content (AvgIpc) is 2.95. The molecule has 0 saturated carbocycles. The maximum absolute atomic E-state index is 5.54. The Hall–Kier alpha value is -2.81. The standard InChI is InChI=1S/C23H26N2O/c1-5-19-7-9-21(10-8-19)24-16-20-15-17(3)25(18(20)4)22-11-13-23(14-12-22)26-6-2/h7-16H,5-6H2,1-4H3. The molecule has 0 spiro atoms. The highest BCUT2D eigenvalue weighted by atomic mass is 16.5. The summed E-state index contributed by atoms with van der Waals surface area (Å²) in [7, 11) is 0. The molecule has 0 radical (unpaired) electrons. The van der Waals surface area contributed by atoms with E-state index in [4.69, 9.17) is 4.74 Å². The first-order valence-corrected chi connectivity index (χ1v) is 9.17. The van der Waals surface area contributed by atoms with E-state index in [2.05, 4.69) is 72.8 Å². The maximum atomic E-state index is 5.54. The number of aryl methyl sites for hydroxylation is 2. The lowest BCUT2D eigenvalue weighted by atomic mass is 10.1. The topological polar surface area (TPSA) is 26.5 Å². The molecule has 0 amide bonds. The van der Waals surface area contributed by atoms with Gasteiger partial charge in [0.25, 0.3) is 0 Å². The van der Waals surface area contributed by atoms with Crippen LogP contribution in [0, 0.1) is 13.8 Å². The Morgan fingerprint density at radius 1 is 0.962 bits per heavy atom. The Bertz CT molecular complexity index is 887. The smallest absolute Gasteiger partial charge is 0.119 e. The van der Waals surface area contributed by atoms with Gasteiger partial charge in [0, 0.05) is 28.9 Å². The summed E-state index contributed by atoms with van der Waals surface area (Å²) >= 11 is 0. The average molecular weight is 346 g/mol. The third kappa shape index (κ3) is 3.88. The van der Waals surface area contributed by atoms with Gasteiger partial charge < -0.3 is 9.30 Å². The Morgan fingerprint density at radius 3 is 2.27 bits per heavy atom. The lowest BCUT2D eigenvalue weighted by molar-refractivity contribution is 0.340. The number of nitrogens with zero attached hydrogens (tertiary/aromatic N) is 2. The van der Waals surface area contributed by atoms with Crippen LogP contribution >= 0.6 is 0 Å². The van der Waals surface area contributed by atoms with E-state index < -0.39 is 0 Å². The fourth-order valence-corrected chi connectivity index (χ4v) is 3.14. The van der Waals surface area contributed by atoms with Crippen LogP contribution in [-0.2, 0) is 6.42 Å². The summed E-state index contributed by atoms with van der Waals surface area (Å²) in [5.74, 6) is 0.899. The van der Waals surface area contributed by atoms with Crippen molar-refractivity contribution >= 4 is 11.9 Å². The largest absolute Gasteiger partial charge is 0.494 e. The molecule has 3 nitrogen and oxygen atoms in total. The zero-order chi connectivity index (χ0) is 18.5. The quantitative estimate of drug-likeness (QED) is 0.518. The first-order chi connectivity index (χ1) is 12.6. The number of hydrogen-bond acceptors (Lipinski definition) is 2. The van der Waals surface area contributed by atoms with Crippen LogP contribution in [0.4, 0.5) is 5.69 Å². The van der Waals surface area contributed by atoms with Crippen molar-refractivity contribution in [3.05, 3.63) is 77.1 Å². The van der Waals surface area contributed by atoms with Crippen LogP contribution in [0.2, 0.25) is 0 Å². The molecule has 3 rings (SSSR count). The number of benzene rings is 2. The van der Waals surface area contributed by atoms with Crippen LogP contribution in [-0.4, -0.2) is 17.4 Å². The van der Waals surface area contributed by atoms with Gasteiger partial charge in [-0.1, -0.05) is 19.1 Å². The summed E-state index contributed by atoms with van der Waals surface area (Å²) in [6, 6.07) is 18.8. The second kappa shape index (κ2) is 8.05. The second-order valence-corrected chi connectivity index (χ2v) is 6.37. The molecule has 2 aromatic carbocycles. The van der Waals surface area contributed by atoms with Gasteiger partial charge in [-0.2, -0.15) is 0 Å². The van der Waals surface area contributed by atoms with Crippen LogP contribution in [0.3, 0.4) is 0 Å². The molecule has 0 atom stereocenters. The van der Waals surface area contributed by atoms with E-state index in [0.29, 0.717) is 6.61 Å². The summed E-state index contributed by atoms with van der Waals surface area (Å²) in [4.78, 5) is 4.64. The molecule has 134 valence electrons. The minimum Gasteiger partial charge on any atom is -0.494 e. The molecule has 0 N–H and O–H groups in total. The summed E-state index contributed by atoms with van der Waals surface area (Å²) in [6.07, 6.45) is 3.00. The fourth-order valence-electron chi connectivity index (χ4n) is 3.14. The van der Waals surface area contributed by atoms with Crippen LogP contribution in [0.15, 0.2) is 59.6 Å². The van der Waals surface area contributed by atoms with Gasteiger partial charge in [-0.15, -0.1) is 0 Å². The highest BCUT2D eigenvalue weighted by molar-refractivity contribution is 5.84. The third-order valence-corrected chi connectivity index (χ3v) is 4.57. The number of aliphatic imine (C=N–C) groups is 1. The number of ether oxygens (including phenoxy) is 1. The summed E-state index contributed by atoms with van der Waals surface area (Å²) in [6.45, 7) is 9.09. The van der Waals surface area contributed by atoms with E-state index >= 15 is 0 Å². The minimum atomic E-state index is 0.681. The van der Waals surface area contributed by atoms with Crippen LogP contribution < -0.4 is 4.74 Å². The Labute approximate surface area is 156 Å². The van der Waals surface area contributed by atoms with Crippen molar-refractivity contribution < 1.29 is 4.74 Å². The van der Waals surface area contributed by atoms with Gasteiger partial charge in [0.2, 0.25) is 0 Å². The molecule has 0 saturated heterocycles. The molecular weight excluding hydrogens is 320 g/mol. The predicted molar refractivity (Wildman–Crippen MR) is 109 cm³/mol. The minimum absolute atomic E-state index is 0.681. The summed E-state index contributed by atoms with van der Waals surface area (Å²) in [5.41, 5.74) is 6.95. The van der Waals surface area contributed by atoms with Crippen molar-refractivity contribution in [1.82, 2.24) is 4.57 Å². The van der Waals surface area contributed by atoms with Crippen LogP contribution in [0.5, 0.6) is 5.75 Å². The van der Waals surface area contributed by atoms with Gasteiger partial charge in [-0.05, 0) is 75.2 Å². The Morgan fingerprint density at radius 2 is 1.65 bits per heavy atom. The van der Waals surface area contributed by atoms with E-state index in [-0.39, 0.29) is 0 Å². The fraction of sp³-hybridized carbons (Fsp3) is 0.261. The molecule has 1 heterocycles. The predicted octanol–water partition coefficient (Wildman–Crippen LogP) is 5.81. The van der Waals surface area contributed by atoms with Crippen LogP contribution in [0.25, 0.3) is 5.69 Å². The first-order valence-electron chi connectivity index (χ1n) is 9.17. The van der Waals surface area contributed by atoms with Crippen molar-refractivity contribution in [1.29, 1.82) is 0 Å². The molecule has 3 aromatic rings. The molecular formula is C23H26N2O. The van der Waals surface area contributed by atoms with Gasteiger partial charge in [0.05, 0.1) is 12.3 Å². The molecule has 0 aliphatic rings. The molecule has 26 heavy (non-hydrogen) atoms. The molecule has 0 fully saturated rings. The van der Waals surface area contributed by atoms with Gasteiger partial charge in [0.15, 0.2) is 0 Å². The third-order valence-electron chi connectivity index (χ3n) is 4.57. The summed E-state index contributed by atoms with van der Waals surface area (Å²) in [5, 5.41) is 0.